The highest BCUT2D eigenvalue weighted by atomic mass is 16.5. The Morgan fingerprint density at radius 2 is 2.33 bits per heavy atom. The number of nitrogens with one attached hydrogen (secondary N) is 1. The van der Waals surface area contributed by atoms with Crippen molar-refractivity contribution >= 4 is 5.91 Å². The fourth-order valence-corrected chi connectivity index (χ4v) is 0.685. The highest BCUT2D eigenvalue weighted by molar-refractivity contribution is 5.77. The zero-order valence-electron chi connectivity index (χ0n) is 7.80. The second-order valence-electron chi connectivity index (χ2n) is 2.75. The number of ether oxygens (including phenoxy) is 1. The van der Waals surface area contributed by atoms with Gasteiger partial charge in [0.1, 0.15) is 6.61 Å². The molecule has 0 aliphatic rings. The summed E-state index contributed by atoms with van der Waals surface area (Å²) in [4.78, 5) is 10.9. The van der Waals surface area contributed by atoms with Crippen molar-refractivity contribution in [1.82, 2.24) is 5.32 Å². The van der Waals surface area contributed by atoms with Gasteiger partial charge in [0.25, 0.3) is 0 Å². The van der Waals surface area contributed by atoms with Crippen LogP contribution in [0.15, 0.2) is 0 Å². The molecule has 0 aromatic rings. The Balaban J connectivity index is 3.20. The van der Waals surface area contributed by atoms with Gasteiger partial charge in [0.15, 0.2) is 0 Å². The van der Waals surface area contributed by atoms with E-state index in [0.29, 0.717) is 13.2 Å². The molecule has 0 fully saturated rings. The largest absolute Gasteiger partial charge is 0.372 e. The van der Waals surface area contributed by atoms with Crippen LogP contribution in [0.4, 0.5) is 0 Å². The first kappa shape index (κ1) is 11.4. The van der Waals surface area contributed by atoms with Crippen LogP contribution in [0.25, 0.3) is 0 Å². The van der Waals surface area contributed by atoms with E-state index in [2.05, 4.69) is 5.32 Å². The highest BCUT2D eigenvalue weighted by Crippen LogP contribution is 1.82. The molecule has 3 N–H and O–H groups in total. The summed E-state index contributed by atoms with van der Waals surface area (Å²) in [6.45, 7) is 5.11. The first-order chi connectivity index (χ1) is 5.66. The van der Waals surface area contributed by atoms with E-state index in [1.165, 1.54) is 0 Å². The number of hydrogen-bond acceptors (Lipinski definition) is 3. The third-order valence-electron chi connectivity index (χ3n) is 1.36. The maximum atomic E-state index is 10.9. The molecule has 0 rings (SSSR count). The minimum Gasteiger partial charge on any atom is -0.372 e. The van der Waals surface area contributed by atoms with Gasteiger partial charge in [-0.05, 0) is 20.3 Å². The van der Waals surface area contributed by atoms with E-state index in [9.17, 15) is 4.79 Å². The molecule has 0 aliphatic carbocycles. The Hall–Kier alpha value is -0.610. The molecule has 4 nitrogen and oxygen atoms in total. The Bertz CT molecular complexity index is 126. The SMILES string of the molecule is CCOCC(=O)NCCC(C)N. The Labute approximate surface area is 73.5 Å². The van der Waals surface area contributed by atoms with Gasteiger partial charge in [0, 0.05) is 19.2 Å². The van der Waals surface area contributed by atoms with Crippen LogP contribution in [0.1, 0.15) is 20.3 Å². The maximum absolute atomic E-state index is 10.9. The van der Waals surface area contributed by atoms with Gasteiger partial charge in [0.05, 0.1) is 0 Å². The third kappa shape index (κ3) is 7.50. The third-order valence-corrected chi connectivity index (χ3v) is 1.36. The summed E-state index contributed by atoms with van der Waals surface area (Å²) in [5.74, 6) is -0.0718. The van der Waals surface area contributed by atoms with Crippen molar-refractivity contribution in [3.8, 4) is 0 Å². The van der Waals surface area contributed by atoms with Gasteiger partial charge < -0.3 is 15.8 Å². The van der Waals surface area contributed by atoms with Crippen LogP contribution >= 0.6 is 0 Å². The first-order valence-corrected chi connectivity index (χ1v) is 4.26. The van der Waals surface area contributed by atoms with Crippen LogP contribution in [0.3, 0.4) is 0 Å². The quantitative estimate of drug-likeness (QED) is 0.590. The topological polar surface area (TPSA) is 64.3 Å². The van der Waals surface area contributed by atoms with Gasteiger partial charge in [-0.15, -0.1) is 0 Å². The number of nitrogens with two attached hydrogens (primary N) is 1. The number of rotatable bonds is 6. The minimum atomic E-state index is -0.0718. The molecule has 4 heteroatoms. The molecule has 0 aromatic heterocycles. The van der Waals surface area contributed by atoms with Crippen molar-refractivity contribution in [3.05, 3.63) is 0 Å². The standard InChI is InChI=1S/C8H18N2O2/c1-3-12-6-8(11)10-5-4-7(2)9/h7H,3-6,9H2,1-2H3,(H,10,11). The summed E-state index contributed by atoms with van der Waals surface area (Å²) in [5.41, 5.74) is 5.50. The molecule has 0 radical (unpaired) electrons. The van der Waals surface area contributed by atoms with Gasteiger partial charge in [0.2, 0.25) is 5.91 Å². The fraction of sp³-hybridized carbons (Fsp3) is 0.875. The molecule has 0 saturated heterocycles. The van der Waals surface area contributed by atoms with Crippen LogP contribution in [-0.2, 0) is 9.53 Å². The molecule has 72 valence electrons. The number of hydrogen-bond donors (Lipinski definition) is 2. The monoisotopic (exact) mass is 174 g/mol. The smallest absolute Gasteiger partial charge is 0.245 e. The first-order valence-electron chi connectivity index (χ1n) is 4.26. The van der Waals surface area contributed by atoms with Crippen molar-refractivity contribution in [2.24, 2.45) is 5.73 Å². The lowest BCUT2D eigenvalue weighted by Crippen LogP contribution is -2.31. The van der Waals surface area contributed by atoms with Gasteiger partial charge in [-0.3, -0.25) is 4.79 Å². The van der Waals surface area contributed by atoms with Crippen LogP contribution in [-0.4, -0.2) is 31.7 Å². The van der Waals surface area contributed by atoms with Crippen molar-refractivity contribution in [2.75, 3.05) is 19.8 Å². The molecule has 0 aliphatic heterocycles. The predicted octanol–water partition coefficient (Wildman–Crippen LogP) is -0.124. The molecule has 0 aromatic carbocycles. The lowest BCUT2D eigenvalue weighted by atomic mass is 10.2. The molecule has 0 spiro atoms. The van der Waals surface area contributed by atoms with E-state index in [1.54, 1.807) is 0 Å². The predicted molar refractivity (Wildman–Crippen MR) is 47.8 cm³/mol. The van der Waals surface area contributed by atoms with Crippen molar-refractivity contribution in [1.29, 1.82) is 0 Å². The molecular weight excluding hydrogens is 156 g/mol. The number of amides is 1. The summed E-state index contributed by atoms with van der Waals surface area (Å²) in [7, 11) is 0. The maximum Gasteiger partial charge on any atom is 0.245 e. The van der Waals surface area contributed by atoms with Crippen LogP contribution in [0.5, 0.6) is 0 Å². The van der Waals surface area contributed by atoms with Crippen molar-refractivity contribution in [2.45, 2.75) is 26.3 Å². The lowest BCUT2D eigenvalue weighted by Gasteiger charge is -2.06. The zero-order chi connectivity index (χ0) is 9.40. The van der Waals surface area contributed by atoms with E-state index in [1.807, 2.05) is 13.8 Å². The Morgan fingerprint density at radius 1 is 1.67 bits per heavy atom. The van der Waals surface area contributed by atoms with Gasteiger partial charge in [-0.2, -0.15) is 0 Å². The highest BCUT2D eigenvalue weighted by Gasteiger charge is 1.99. The molecule has 1 atom stereocenters. The lowest BCUT2D eigenvalue weighted by molar-refractivity contribution is -0.125. The average molecular weight is 174 g/mol. The summed E-state index contributed by atoms with van der Waals surface area (Å²) in [6, 6.07) is 0.136. The van der Waals surface area contributed by atoms with Crippen LogP contribution in [0.2, 0.25) is 0 Å². The molecule has 0 heterocycles. The van der Waals surface area contributed by atoms with E-state index < -0.39 is 0 Å². The van der Waals surface area contributed by atoms with Gasteiger partial charge in [-0.1, -0.05) is 0 Å². The van der Waals surface area contributed by atoms with E-state index in [4.69, 9.17) is 10.5 Å². The summed E-state index contributed by atoms with van der Waals surface area (Å²) in [5, 5.41) is 2.70. The summed E-state index contributed by atoms with van der Waals surface area (Å²) >= 11 is 0. The molecule has 0 bridgehead atoms. The average Bonchev–Trinajstić information content (AvgIpc) is 2.00. The molecule has 1 unspecified atom stereocenters. The second kappa shape index (κ2) is 7.06. The van der Waals surface area contributed by atoms with Crippen LogP contribution < -0.4 is 11.1 Å². The van der Waals surface area contributed by atoms with Gasteiger partial charge >= 0.3 is 0 Å². The van der Waals surface area contributed by atoms with Crippen LogP contribution in [0, 0.1) is 0 Å². The Kier molecular flexibility index (Phi) is 6.70. The number of carbonyl (C=O) groups excluding carboxylic acids is 1. The second-order valence-corrected chi connectivity index (χ2v) is 2.75. The number of carbonyl (C=O) groups is 1. The van der Waals surface area contributed by atoms with E-state index >= 15 is 0 Å². The molecule has 0 saturated carbocycles. The van der Waals surface area contributed by atoms with Crippen molar-refractivity contribution < 1.29 is 9.53 Å². The Morgan fingerprint density at radius 3 is 2.83 bits per heavy atom. The zero-order valence-corrected chi connectivity index (χ0v) is 7.80. The summed E-state index contributed by atoms with van der Waals surface area (Å²) in [6.07, 6.45) is 0.803. The molecular formula is C8H18N2O2. The van der Waals surface area contributed by atoms with E-state index in [-0.39, 0.29) is 18.6 Å². The normalized spacial score (nSPS) is 12.6. The minimum absolute atomic E-state index is 0.0718. The van der Waals surface area contributed by atoms with E-state index in [0.717, 1.165) is 6.42 Å². The van der Waals surface area contributed by atoms with Crippen molar-refractivity contribution in [3.63, 3.8) is 0 Å². The fourth-order valence-electron chi connectivity index (χ4n) is 0.685. The van der Waals surface area contributed by atoms with Gasteiger partial charge in [-0.25, -0.2) is 0 Å². The molecule has 1 amide bonds. The summed E-state index contributed by atoms with van der Waals surface area (Å²) < 4.78 is 4.91. The molecule has 12 heavy (non-hydrogen) atoms.